The monoisotopic (exact) mass is 524 g/mol. The minimum atomic E-state index is -3.98. The minimum Gasteiger partial charge on any atom is -0.280 e. The Morgan fingerprint density at radius 1 is 0.533 bits per heavy atom. The van der Waals surface area contributed by atoms with Gasteiger partial charge in [0.25, 0.3) is 20.0 Å². The number of nitrogens with one attached hydrogen (secondary N) is 2. The molecule has 0 atom stereocenters. The summed E-state index contributed by atoms with van der Waals surface area (Å²) in [6.07, 6.45) is 0. The molecule has 0 amide bonds. The van der Waals surface area contributed by atoms with Gasteiger partial charge >= 0.3 is 0 Å². The van der Waals surface area contributed by atoms with Crippen LogP contribution in [0, 0.1) is 0 Å². The van der Waals surface area contributed by atoms with Crippen LogP contribution in [0.3, 0.4) is 0 Å². The van der Waals surface area contributed by atoms with Gasteiger partial charge in [0, 0.05) is 0 Å². The smallest absolute Gasteiger partial charge is 0.261 e. The van der Waals surface area contributed by atoms with E-state index in [1.165, 1.54) is 60.7 Å². The summed E-state index contributed by atoms with van der Waals surface area (Å²) in [4.78, 5) is -0.197. The van der Waals surface area contributed by atoms with Crippen molar-refractivity contribution in [1.29, 1.82) is 0 Å². The van der Waals surface area contributed by atoms with Crippen molar-refractivity contribution in [3.8, 4) is 0 Å². The molecule has 6 nitrogen and oxygen atoms in total. The molecule has 0 aliphatic rings. The highest BCUT2D eigenvalue weighted by atomic mass is 35.5. The fraction of sp³-hybridized carbons (Fsp3) is 0. The predicted octanol–water partition coefficient (Wildman–Crippen LogP) is 5.90. The van der Waals surface area contributed by atoms with Crippen molar-refractivity contribution in [1.82, 2.24) is 0 Å². The van der Waals surface area contributed by atoms with Crippen LogP contribution in [0.4, 0.5) is 11.4 Å². The molecule has 30 heavy (non-hydrogen) atoms. The maximum Gasteiger partial charge on any atom is 0.261 e. The van der Waals surface area contributed by atoms with Crippen molar-refractivity contribution < 1.29 is 16.8 Å². The van der Waals surface area contributed by atoms with Gasteiger partial charge in [-0.3, -0.25) is 9.44 Å². The highest BCUT2D eigenvalue weighted by Crippen LogP contribution is 2.28. The lowest BCUT2D eigenvalue weighted by atomic mass is 10.3. The van der Waals surface area contributed by atoms with E-state index in [0.717, 1.165) is 0 Å². The lowest BCUT2D eigenvalue weighted by Gasteiger charge is -2.12. The average molecular weight is 526 g/mol. The molecule has 0 radical (unpaired) electrons. The lowest BCUT2D eigenvalue weighted by Crippen LogP contribution is -2.15. The number of rotatable bonds is 6. The third kappa shape index (κ3) is 5.32. The molecule has 0 aromatic heterocycles. The predicted molar refractivity (Wildman–Crippen MR) is 121 cm³/mol. The molecule has 2 N–H and O–H groups in total. The highest BCUT2D eigenvalue weighted by Gasteiger charge is 2.18. The summed E-state index contributed by atoms with van der Waals surface area (Å²) >= 11 is 23.4. The van der Waals surface area contributed by atoms with Crippen LogP contribution in [0.25, 0.3) is 0 Å². The van der Waals surface area contributed by atoms with Gasteiger partial charge in [-0.2, -0.15) is 0 Å². The topological polar surface area (TPSA) is 92.3 Å². The Balaban J connectivity index is 1.85. The van der Waals surface area contributed by atoms with Gasteiger partial charge in [0.05, 0.1) is 41.3 Å². The lowest BCUT2D eigenvalue weighted by molar-refractivity contribution is 0.599. The van der Waals surface area contributed by atoms with Crippen LogP contribution in [-0.4, -0.2) is 16.8 Å². The molecular formula is C18H12Cl4N2O4S2. The second-order valence-corrected chi connectivity index (χ2v) is 10.9. The van der Waals surface area contributed by atoms with Crippen LogP contribution in [0.5, 0.6) is 0 Å². The first-order chi connectivity index (χ1) is 14.0. The van der Waals surface area contributed by atoms with Crippen molar-refractivity contribution in [2.24, 2.45) is 0 Å². The summed E-state index contributed by atoms with van der Waals surface area (Å²) in [7, 11) is -7.96. The van der Waals surface area contributed by atoms with Crippen LogP contribution < -0.4 is 9.44 Å². The van der Waals surface area contributed by atoms with Crippen molar-refractivity contribution >= 4 is 77.8 Å². The molecule has 0 aliphatic heterocycles. The SMILES string of the molecule is O=S(=O)(Nc1cccc(NS(=O)(=O)c2ccc(Cl)c(Cl)c2)c1)c1ccc(Cl)c(Cl)c1. The Labute approximate surface area is 193 Å². The zero-order valence-electron chi connectivity index (χ0n) is 14.7. The summed E-state index contributed by atoms with van der Waals surface area (Å²) < 4.78 is 55.0. The maximum absolute atomic E-state index is 12.6. The van der Waals surface area contributed by atoms with E-state index >= 15 is 0 Å². The normalized spacial score (nSPS) is 11.9. The van der Waals surface area contributed by atoms with Gasteiger partial charge in [-0.05, 0) is 54.6 Å². The van der Waals surface area contributed by atoms with E-state index in [2.05, 4.69) is 9.44 Å². The molecule has 0 saturated carbocycles. The molecular weight excluding hydrogens is 514 g/mol. The number of anilines is 2. The van der Waals surface area contributed by atoms with Gasteiger partial charge in [0.1, 0.15) is 0 Å². The Morgan fingerprint density at radius 3 is 1.30 bits per heavy atom. The number of halogens is 4. The van der Waals surface area contributed by atoms with Crippen LogP contribution in [0.15, 0.2) is 70.5 Å². The first-order valence-corrected chi connectivity index (χ1v) is 12.5. The minimum absolute atomic E-state index is 0.0858. The molecule has 3 aromatic carbocycles. The van der Waals surface area contributed by atoms with E-state index in [9.17, 15) is 16.8 Å². The van der Waals surface area contributed by atoms with Crippen molar-refractivity contribution in [2.75, 3.05) is 9.44 Å². The van der Waals surface area contributed by atoms with Gasteiger partial charge in [-0.15, -0.1) is 0 Å². The number of benzene rings is 3. The quantitative estimate of drug-likeness (QED) is 0.419. The van der Waals surface area contributed by atoms with Crippen LogP contribution in [-0.2, 0) is 20.0 Å². The van der Waals surface area contributed by atoms with E-state index in [4.69, 9.17) is 46.4 Å². The van der Waals surface area contributed by atoms with Crippen LogP contribution in [0.1, 0.15) is 0 Å². The highest BCUT2D eigenvalue weighted by molar-refractivity contribution is 7.93. The summed E-state index contributed by atoms with van der Waals surface area (Å²) in [6, 6.07) is 13.5. The number of hydrogen-bond donors (Lipinski definition) is 2. The fourth-order valence-corrected chi connectivity index (χ4v) is 5.24. The number of sulfonamides is 2. The third-order valence-electron chi connectivity index (χ3n) is 3.77. The standard InChI is InChI=1S/C18H12Cl4N2O4S2/c19-15-6-4-13(9-17(15)21)29(25,26)23-11-2-1-3-12(8-11)24-30(27,28)14-5-7-16(20)18(22)10-14/h1-10,23-24H. The molecule has 158 valence electrons. The zero-order valence-corrected chi connectivity index (χ0v) is 19.4. The molecule has 0 bridgehead atoms. The number of hydrogen-bond acceptors (Lipinski definition) is 4. The maximum atomic E-state index is 12.6. The van der Waals surface area contributed by atoms with Crippen LogP contribution >= 0.6 is 46.4 Å². The van der Waals surface area contributed by atoms with Crippen molar-refractivity contribution in [3.05, 3.63) is 80.8 Å². The van der Waals surface area contributed by atoms with E-state index in [1.54, 1.807) is 0 Å². The summed E-state index contributed by atoms with van der Waals surface area (Å²) in [5.41, 5.74) is 0.269. The molecule has 0 fully saturated rings. The average Bonchev–Trinajstić information content (AvgIpc) is 2.65. The largest absolute Gasteiger partial charge is 0.280 e. The first kappa shape index (κ1) is 23.0. The second kappa shape index (κ2) is 8.82. The molecule has 0 saturated heterocycles. The van der Waals surface area contributed by atoms with Gasteiger partial charge in [-0.25, -0.2) is 16.8 Å². The summed E-state index contributed by atoms with van der Waals surface area (Å²) in [5, 5.41) is 0.606. The molecule has 3 rings (SSSR count). The second-order valence-electron chi connectivity index (χ2n) is 5.94. The van der Waals surface area contributed by atoms with Crippen molar-refractivity contribution in [3.63, 3.8) is 0 Å². The first-order valence-electron chi connectivity index (χ1n) is 8.04. The molecule has 0 unspecified atom stereocenters. The van der Waals surface area contributed by atoms with Gasteiger partial charge < -0.3 is 0 Å². The van der Waals surface area contributed by atoms with Gasteiger partial charge in [0.2, 0.25) is 0 Å². The van der Waals surface area contributed by atoms with Crippen LogP contribution in [0.2, 0.25) is 20.1 Å². The zero-order chi connectivity index (χ0) is 22.1. The Morgan fingerprint density at radius 2 is 0.933 bits per heavy atom. The third-order valence-corrected chi connectivity index (χ3v) is 8.01. The van der Waals surface area contributed by atoms with E-state index in [1.807, 2.05) is 0 Å². The van der Waals surface area contributed by atoms with E-state index in [-0.39, 0.29) is 41.3 Å². The summed E-state index contributed by atoms with van der Waals surface area (Å²) in [5.74, 6) is 0. The molecule has 0 aliphatic carbocycles. The van der Waals surface area contributed by atoms with Crippen molar-refractivity contribution in [2.45, 2.75) is 9.79 Å². The molecule has 0 spiro atoms. The fourth-order valence-electron chi connectivity index (χ4n) is 2.36. The van der Waals surface area contributed by atoms with E-state index < -0.39 is 20.0 Å². The Bertz CT molecular complexity index is 1230. The molecule has 12 heteroatoms. The summed E-state index contributed by atoms with van der Waals surface area (Å²) in [6.45, 7) is 0. The molecule has 0 heterocycles. The Hall–Kier alpha value is -1.68. The van der Waals surface area contributed by atoms with E-state index in [0.29, 0.717) is 0 Å². The Kier molecular flexibility index (Phi) is 6.76. The van der Waals surface area contributed by atoms with Gasteiger partial charge in [-0.1, -0.05) is 52.5 Å². The van der Waals surface area contributed by atoms with Gasteiger partial charge in [0.15, 0.2) is 0 Å². The molecule has 3 aromatic rings.